The van der Waals surface area contributed by atoms with Crippen LogP contribution in [0.5, 0.6) is 0 Å². The van der Waals surface area contributed by atoms with Crippen molar-refractivity contribution in [2.45, 2.75) is 0 Å². The van der Waals surface area contributed by atoms with Crippen LogP contribution in [0, 0.1) is 0 Å². The highest BCUT2D eigenvalue weighted by molar-refractivity contribution is 5.85. The summed E-state index contributed by atoms with van der Waals surface area (Å²) in [6, 6.07) is 23.6. The number of imidazole rings is 1. The highest BCUT2D eigenvalue weighted by Gasteiger charge is 1.99. The van der Waals surface area contributed by atoms with Gasteiger partial charge in [-0.25, -0.2) is 4.79 Å². The minimum absolute atomic E-state index is 0.211. The van der Waals surface area contributed by atoms with Crippen LogP contribution in [-0.2, 0) is 0 Å². The summed E-state index contributed by atoms with van der Waals surface area (Å²) in [5.41, 5.74) is 5.18. The van der Waals surface area contributed by atoms with Gasteiger partial charge in [0.05, 0.1) is 16.7 Å². The van der Waals surface area contributed by atoms with Crippen molar-refractivity contribution in [2.24, 2.45) is 4.99 Å². The number of anilines is 2. The number of aromatic amines is 2. The van der Waals surface area contributed by atoms with Crippen molar-refractivity contribution in [3.8, 4) is 0 Å². The zero-order valence-electron chi connectivity index (χ0n) is 13.4. The number of H-pyrrole nitrogens is 2. The summed E-state index contributed by atoms with van der Waals surface area (Å²) in [6.07, 6.45) is 1.80. The number of rotatable bonds is 4. The minimum atomic E-state index is -0.211. The Hall–Kier alpha value is -3.60. The van der Waals surface area contributed by atoms with Crippen LogP contribution >= 0.6 is 0 Å². The van der Waals surface area contributed by atoms with E-state index in [4.69, 9.17) is 0 Å². The fraction of sp³-hybridized carbons (Fsp3) is 0. The third-order valence-electron chi connectivity index (χ3n) is 3.84. The molecule has 0 saturated carbocycles. The average Bonchev–Trinajstić information content (AvgIpc) is 3.01. The van der Waals surface area contributed by atoms with Gasteiger partial charge in [-0.3, -0.25) is 4.99 Å². The van der Waals surface area contributed by atoms with E-state index in [-0.39, 0.29) is 5.69 Å². The molecule has 0 aliphatic carbocycles. The van der Waals surface area contributed by atoms with Crippen molar-refractivity contribution < 1.29 is 0 Å². The summed E-state index contributed by atoms with van der Waals surface area (Å²) in [4.78, 5) is 21.2. The van der Waals surface area contributed by atoms with E-state index >= 15 is 0 Å². The Kier molecular flexibility index (Phi) is 3.88. The van der Waals surface area contributed by atoms with Gasteiger partial charge in [-0.2, -0.15) is 0 Å². The highest BCUT2D eigenvalue weighted by atomic mass is 16.1. The molecule has 0 bridgehead atoms. The molecule has 0 aliphatic rings. The normalized spacial score (nSPS) is 11.2. The Morgan fingerprint density at radius 3 is 2.32 bits per heavy atom. The Bertz CT molecular complexity index is 1080. The zero-order valence-corrected chi connectivity index (χ0v) is 13.4. The lowest BCUT2D eigenvalue weighted by molar-refractivity contribution is 1.21. The molecule has 0 saturated heterocycles. The first-order valence-electron chi connectivity index (χ1n) is 7.94. The lowest BCUT2D eigenvalue weighted by Crippen LogP contribution is -1.99. The molecule has 25 heavy (non-hydrogen) atoms. The first-order valence-corrected chi connectivity index (χ1v) is 7.94. The Morgan fingerprint density at radius 2 is 1.52 bits per heavy atom. The van der Waals surface area contributed by atoms with Gasteiger partial charge in [-0.05, 0) is 48.0 Å². The number of hydrogen-bond donors (Lipinski definition) is 3. The summed E-state index contributed by atoms with van der Waals surface area (Å²) in [7, 11) is 0. The molecule has 0 unspecified atom stereocenters. The molecular formula is C20H16N4O. The van der Waals surface area contributed by atoms with Crippen LogP contribution in [0.25, 0.3) is 11.0 Å². The van der Waals surface area contributed by atoms with Crippen LogP contribution in [-0.4, -0.2) is 16.2 Å². The second-order valence-corrected chi connectivity index (χ2v) is 5.68. The first kappa shape index (κ1) is 15.0. The molecule has 1 heterocycles. The number of nitrogens with one attached hydrogen (secondary N) is 3. The second kappa shape index (κ2) is 6.49. The van der Waals surface area contributed by atoms with Crippen molar-refractivity contribution in [3.05, 3.63) is 88.8 Å². The van der Waals surface area contributed by atoms with Crippen molar-refractivity contribution in [3.63, 3.8) is 0 Å². The lowest BCUT2D eigenvalue weighted by Gasteiger charge is -2.06. The third kappa shape index (κ3) is 3.50. The maximum absolute atomic E-state index is 11.3. The van der Waals surface area contributed by atoms with E-state index < -0.39 is 0 Å². The Labute approximate surface area is 144 Å². The Balaban J connectivity index is 1.49. The van der Waals surface area contributed by atoms with E-state index in [2.05, 4.69) is 20.3 Å². The fourth-order valence-corrected chi connectivity index (χ4v) is 2.59. The number of aromatic nitrogens is 2. The molecule has 3 aromatic carbocycles. The molecule has 0 amide bonds. The third-order valence-corrected chi connectivity index (χ3v) is 3.84. The van der Waals surface area contributed by atoms with Crippen molar-refractivity contribution >= 4 is 34.3 Å². The van der Waals surface area contributed by atoms with E-state index in [1.54, 1.807) is 6.21 Å². The van der Waals surface area contributed by atoms with Gasteiger partial charge in [0.25, 0.3) is 0 Å². The quantitative estimate of drug-likeness (QED) is 0.487. The second-order valence-electron chi connectivity index (χ2n) is 5.68. The molecule has 1 aromatic heterocycles. The van der Waals surface area contributed by atoms with Crippen LogP contribution in [0.1, 0.15) is 5.56 Å². The smallest absolute Gasteiger partial charge is 0.323 e. The van der Waals surface area contributed by atoms with E-state index in [0.29, 0.717) is 0 Å². The van der Waals surface area contributed by atoms with Gasteiger partial charge in [0.2, 0.25) is 0 Å². The standard InChI is InChI=1S/C20H16N4O/c25-20-23-18-11-10-17(12-19(18)24-20)21-13-14-6-8-16(9-7-14)22-15-4-2-1-3-5-15/h1-13,22H,(H2,23,24,25). The number of nitrogens with zero attached hydrogens (tertiary/aromatic N) is 1. The fourth-order valence-electron chi connectivity index (χ4n) is 2.59. The molecule has 0 fully saturated rings. The molecule has 0 atom stereocenters. The topological polar surface area (TPSA) is 73.0 Å². The van der Waals surface area contributed by atoms with Crippen molar-refractivity contribution in [2.75, 3.05) is 5.32 Å². The molecule has 0 spiro atoms. The van der Waals surface area contributed by atoms with E-state index in [9.17, 15) is 4.79 Å². The van der Waals surface area contributed by atoms with Gasteiger partial charge >= 0.3 is 5.69 Å². The molecular weight excluding hydrogens is 312 g/mol. The summed E-state index contributed by atoms with van der Waals surface area (Å²) in [5.74, 6) is 0. The Morgan fingerprint density at radius 1 is 0.800 bits per heavy atom. The van der Waals surface area contributed by atoms with Crippen molar-refractivity contribution in [1.82, 2.24) is 9.97 Å². The van der Waals surface area contributed by atoms with Crippen LogP contribution in [0.3, 0.4) is 0 Å². The molecule has 0 aliphatic heterocycles. The first-order chi connectivity index (χ1) is 12.3. The van der Waals surface area contributed by atoms with Gasteiger partial charge in [-0.1, -0.05) is 30.3 Å². The summed E-state index contributed by atoms with van der Waals surface area (Å²) >= 11 is 0. The molecule has 0 radical (unpaired) electrons. The lowest BCUT2D eigenvalue weighted by atomic mass is 10.2. The zero-order chi connectivity index (χ0) is 17.1. The summed E-state index contributed by atoms with van der Waals surface area (Å²) < 4.78 is 0. The van der Waals surface area contributed by atoms with Gasteiger partial charge in [0.15, 0.2) is 0 Å². The maximum Gasteiger partial charge on any atom is 0.323 e. The van der Waals surface area contributed by atoms with Gasteiger partial charge < -0.3 is 15.3 Å². The monoisotopic (exact) mass is 328 g/mol. The van der Waals surface area contributed by atoms with Gasteiger partial charge in [0.1, 0.15) is 0 Å². The largest absolute Gasteiger partial charge is 0.356 e. The van der Waals surface area contributed by atoms with Crippen molar-refractivity contribution in [1.29, 1.82) is 0 Å². The van der Waals surface area contributed by atoms with Crippen LogP contribution in [0.4, 0.5) is 17.1 Å². The summed E-state index contributed by atoms with van der Waals surface area (Å²) in [6.45, 7) is 0. The predicted molar refractivity (Wildman–Crippen MR) is 102 cm³/mol. The number of benzene rings is 3. The maximum atomic E-state index is 11.3. The van der Waals surface area contributed by atoms with Crippen LogP contribution in [0.15, 0.2) is 82.6 Å². The summed E-state index contributed by atoms with van der Waals surface area (Å²) in [5, 5.41) is 3.35. The number of fused-ring (bicyclic) bond motifs is 1. The predicted octanol–water partition coefficient (Wildman–Crippen LogP) is 4.35. The SMILES string of the molecule is O=c1[nH]c2ccc(N=Cc3ccc(Nc4ccccc4)cc3)cc2[nH]1. The molecule has 3 N–H and O–H groups in total. The number of hydrogen-bond acceptors (Lipinski definition) is 3. The average molecular weight is 328 g/mol. The highest BCUT2D eigenvalue weighted by Crippen LogP contribution is 2.19. The van der Waals surface area contributed by atoms with Gasteiger partial charge in [-0.15, -0.1) is 0 Å². The van der Waals surface area contributed by atoms with Gasteiger partial charge in [0, 0.05) is 17.6 Å². The van der Waals surface area contributed by atoms with E-state index in [0.717, 1.165) is 33.7 Å². The molecule has 4 aromatic rings. The number of aliphatic imine (C=N–C) groups is 1. The molecule has 122 valence electrons. The van der Waals surface area contributed by atoms with Crippen LogP contribution < -0.4 is 11.0 Å². The van der Waals surface area contributed by atoms with E-state index in [1.807, 2.05) is 72.8 Å². The minimum Gasteiger partial charge on any atom is -0.356 e. The van der Waals surface area contributed by atoms with E-state index in [1.165, 1.54) is 0 Å². The molecule has 4 rings (SSSR count). The van der Waals surface area contributed by atoms with Crippen LogP contribution in [0.2, 0.25) is 0 Å². The number of para-hydroxylation sites is 1. The molecule has 5 nitrogen and oxygen atoms in total. The molecule has 5 heteroatoms.